The molecule has 6 heteroatoms. The van der Waals surface area contributed by atoms with E-state index in [1.165, 1.54) is 12.1 Å². The Balaban J connectivity index is 1.91. The number of nitrogens with zero attached hydrogens (tertiary/aromatic N) is 1. The molecule has 0 aliphatic rings. The fraction of sp³-hybridized carbons (Fsp3) is 0.312. The summed E-state index contributed by atoms with van der Waals surface area (Å²) in [5, 5.41) is 6.86. The molecule has 0 aliphatic heterocycles. The molecule has 2 amide bonds. The van der Waals surface area contributed by atoms with E-state index in [9.17, 15) is 9.18 Å². The van der Waals surface area contributed by atoms with Crippen LogP contribution in [0, 0.1) is 5.82 Å². The number of hydrogen-bond acceptors (Lipinski definition) is 3. The molecule has 1 heterocycles. The number of halogens is 1. The van der Waals surface area contributed by atoms with Gasteiger partial charge in [0.2, 0.25) is 0 Å². The molecule has 118 valence electrons. The SMILES string of the molecule is COCCN(Cc1ccsc1)C(=O)NCc1ccc(F)cc1. The van der Waals surface area contributed by atoms with Gasteiger partial charge in [-0.05, 0) is 40.1 Å². The molecule has 4 nitrogen and oxygen atoms in total. The highest BCUT2D eigenvalue weighted by Crippen LogP contribution is 2.10. The monoisotopic (exact) mass is 322 g/mol. The highest BCUT2D eigenvalue weighted by atomic mass is 32.1. The van der Waals surface area contributed by atoms with E-state index in [0.717, 1.165) is 11.1 Å². The molecule has 0 saturated heterocycles. The molecule has 0 unspecified atom stereocenters. The van der Waals surface area contributed by atoms with E-state index in [1.54, 1.807) is 35.5 Å². The summed E-state index contributed by atoms with van der Waals surface area (Å²) in [6, 6.07) is 7.93. The molecule has 0 spiro atoms. The highest BCUT2D eigenvalue weighted by molar-refractivity contribution is 7.07. The predicted molar refractivity (Wildman–Crippen MR) is 85.2 cm³/mol. The molecule has 1 aromatic carbocycles. The number of carbonyl (C=O) groups excluding carboxylic acids is 1. The summed E-state index contributed by atoms with van der Waals surface area (Å²) in [5.41, 5.74) is 1.95. The minimum atomic E-state index is -0.283. The van der Waals surface area contributed by atoms with Gasteiger partial charge >= 0.3 is 6.03 Å². The number of methoxy groups -OCH3 is 1. The van der Waals surface area contributed by atoms with Crippen LogP contribution in [0.2, 0.25) is 0 Å². The van der Waals surface area contributed by atoms with Crippen molar-refractivity contribution in [1.82, 2.24) is 10.2 Å². The Kier molecular flexibility index (Phi) is 6.36. The molecule has 0 fully saturated rings. The second kappa shape index (κ2) is 8.51. The molecule has 0 saturated carbocycles. The molecular formula is C16H19FN2O2S. The van der Waals surface area contributed by atoms with Gasteiger partial charge < -0.3 is 15.0 Å². The molecule has 0 atom stereocenters. The first-order valence-corrected chi connectivity index (χ1v) is 7.90. The lowest BCUT2D eigenvalue weighted by Gasteiger charge is -2.22. The summed E-state index contributed by atoms with van der Waals surface area (Å²) in [5.74, 6) is -0.283. The third-order valence-electron chi connectivity index (χ3n) is 3.16. The Morgan fingerprint density at radius 2 is 2.05 bits per heavy atom. The van der Waals surface area contributed by atoms with Gasteiger partial charge in [-0.25, -0.2) is 9.18 Å². The number of hydrogen-bond donors (Lipinski definition) is 1. The largest absolute Gasteiger partial charge is 0.383 e. The van der Waals surface area contributed by atoms with Gasteiger partial charge in [-0.15, -0.1) is 0 Å². The third-order valence-corrected chi connectivity index (χ3v) is 3.90. The third kappa shape index (κ3) is 5.13. The minimum absolute atomic E-state index is 0.160. The lowest BCUT2D eigenvalue weighted by Crippen LogP contribution is -2.40. The quantitative estimate of drug-likeness (QED) is 0.850. The van der Waals surface area contributed by atoms with Crippen LogP contribution < -0.4 is 5.32 Å². The molecule has 0 aliphatic carbocycles. The first kappa shape index (κ1) is 16.5. The van der Waals surface area contributed by atoms with Gasteiger partial charge in [-0.2, -0.15) is 11.3 Å². The average molecular weight is 322 g/mol. The number of carbonyl (C=O) groups is 1. The molecule has 22 heavy (non-hydrogen) atoms. The normalized spacial score (nSPS) is 10.5. The summed E-state index contributed by atoms with van der Waals surface area (Å²) < 4.78 is 17.9. The maximum atomic E-state index is 12.9. The molecule has 1 N–H and O–H groups in total. The molecule has 2 rings (SSSR count). The van der Waals surface area contributed by atoms with Crippen LogP contribution in [-0.4, -0.2) is 31.2 Å². The number of thiophene rings is 1. The van der Waals surface area contributed by atoms with Crippen molar-refractivity contribution in [2.45, 2.75) is 13.1 Å². The smallest absolute Gasteiger partial charge is 0.318 e. The second-order valence-electron chi connectivity index (χ2n) is 4.83. The van der Waals surface area contributed by atoms with Crippen molar-refractivity contribution in [3.63, 3.8) is 0 Å². The molecular weight excluding hydrogens is 303 g/mol. The van der Waals surface area contributed by atoms with Crippen LogP contribution in [0.3, 0.4) is 0 Å². The average Bonchev–Trinajstić information content (AvgIpc) is 3.03. The molecule has 2 aromatic rings. The van der Waals surface area contributed by atoms with Crippen molar-refractivity contribution in [1.29, 1.82) is 0 Å². The zero-order chi connectivity index (χ0) is 15.8. The fourth-order valence-electron chi connectivity index (χ4n) is 1.95. The first-order chi connectivity index (χ1) is 10.7. The zero-order valence-electron chi connectivity index (χ0n) is 12.4. The van der Waals surface area contributed by atoms with Crippen LogP contribution in [0.25, 0.3) is 0 Å². The summed E-state index contributed by atoms with van der Waals surface area (Å²) >= 11 is 1.60. The van der Waals surface area contributed by atoms with Gasteiger partial charge in [0.1, 0.15) is 5.82 Å². The van der Waals surface area contributed by atoms with Crippen LogP contribution in [0.4, 0.5) is 9.18 Å². The van der Waals surface area contributed by atoms with Gasteiger partial charge in [0.15, 0.2) is 0 Å². The van der Waals surface area contributed by atoms with Crippen molar-refractivity contribution < 1.29 is 13.9 Å². The van der Waals surface area contributed by atoms with E-state index in [1.807, 2.05) is 16.8 Å². The van der Waals surface area contributed by atoms with Crippen molar-refractivity contribution in [3.8, 4) is 0 Å². The van der Waals surface area contributed by atoms with Crippen LogP contribution in [0.1, 0.15) is 11.1 Å². The summed E-state index contributed by atoms with van der Waals surface area (Å²) in [6.07, 6.45) is 0. The van der Waals surface area contributed by atoms with Gasteiger partial charge in [0.05, 0.1) is 6.61 Å². The van der Waals surface area contributed by atoms with Gasteiger partial charge in [-0.3, -0.25) is 0 Å². The van der Waals surface area contributed by atoms with E-state index in [4.69, 9.17) is 4.74 Å². The highest BCUT2D eigenvalue weighted by Gasteiger charge is 2.13. The number of amides is 2. The summed E-state index contributed by atoms with van der Waals surface area (Å²) in [6.45, 7) is 1.91. The van der Waals surface area contributed by atoms with Crippen molar-refractivity contribution in [2.75, 3.05) is 20.3 Å². The first-order valence-electron chi connectivity index (χ1n) is 6.96. The maximum absolute atomic E-state index is 12.9. The van der Waals surface area contributed by atoms with E-state index in [2.05, 4.69) is 5.32 Å². The van der Waals surface area contributed by atoms with Crippen molar-refractivity contribution >= 4 is 17.4 Å². The van der Waals surface area contributed by atoms with Crippen LogP contribution >= 0.6 is 11.3 Å². The number of nitrogens with one attached hydrogen (secondary N) is 1. The Hall–Kier alpha value is -1.92. The van der Waals surface area contributed by atoms with Crippen LogP contribution in [0.15, 0.2) is 41.1 Å². The minimum Gasteiger partial charge on any atom is -0.383 e. The van der Waals surface area contributed by atoms with E-state index in [0.29, 0.717) is 26.2 Å². The maximum Gasteiger partial charge on any atom is 0.318 e. The van der Waals surface area contributed by atoms with Crippen molar-refractivity contribution in [3.05, 3.63) is 58.0 Å². The topological polar surface area (TPSA) is 41.6 Å². The van der Waals surface area contributed by atoms with Crippen molar-refractivity contribution in [2.24, 2.45) is 0 Å². The summed E-state index contributed by atoms with van der Waals surface area (Å²) in [4.78, 5) is 14.0. The van der Waals surface area contributed by atoms with Gasteiger partial charge in [-0.1, -0.05) is 12.1 Å². The van der Waals surface area contributed by atoms with Gasteiger partial charge in [0.25, 0.3) is 0 Å². The Labute approximate surface area is 133 Å². The van der Waals surface area contributed by atoms with Crippen LogP contribution in [0.5, 0.6) is 0 Å². The van der Waals surface area contributed by atoms with E-state index in [-0.39, 0.29) is 11.8 Å². The second-order valence-corrected chi connectivity index (χ2v) is 5.61. The summed E-state index contributed by atoms with van der Waals surface area (Å²) in [7, 11) is 1.61. The Morgan fingerprint density at radius 1 is 1.27 bits per heavy atom. The zero-order valence-corrected chi connectivity index (χ0v) is 13.2. The molecule has 0 bridgehead atoms. The van der Waals surface area contributed by atoms with Gasteiger partial charge in [0, 0.05) is 26.7 Å². The Morgan fingerprint density at radius 3 is 2.68 bits per heavy atom. The fourth-order valence-corrected chi connectivity index (χ4v) is 2.61. The number of urea groups is 1. The molecule has 0 radical (unpaired) electrons. The standard InChI is InChI=1S/C16H19FN2O2S/c1-21-8-7-19(11-14-6-9-22-12-14)16(20)18-10-13-2-4-15(17)5-3-13/h2-6,9,12H,7-8,10-11H2,1H3,(H,18,20). The number of rotatable bonds is 7. The van der Waals surface area contributed by atoms with E-state index >= 15 is 0 Å². The lowest BCUT2D eigenvalue weighted by molar-refractivity contribution is 0.146. The number of ether oxygens (including phenoxy) is 1. The van der Waals surface area contributed by atoms with E-state index < -0.39 is 0 Å². The number of benzene rings is 1. The predicted octanol–water partition coefficient (Wildman–Crippen LogP) is 3.25. The Bertz CT molecular complexity index is 572. The molecule has 1 aromatic heterocycles. The lowest BCUT2D eigenvalue weighted by atomic mass is 10.2. The van der Waals surface area contributed by atoms with Crippen LogP contribution in [-0.2, 0) is 17.8 Å².